The van der Waals surface area contributed by atoms with Gasteiger partial charge in [-0.25, -0.2) is 0 Å². The van der Waals surface area contributed by atoms with Crippen LogP contribution in [-0.2, 0) is 9.53 Å². The fraction of sp³-hybridized carbons (Fsp3) is 0.421. The minimum Gasteiger partial charge on any atom is -0.383 e. The first-order chi connectivity index (χ1) is 14.0. The first kappa shape index (κ1) is 21.6. The molecular formula is C19H23Cl2N5O3. The predicted octanol–water partition coefficient (Wildman–Crippen LogP) is 1.42. The van der Waals surface area contributed by atoms with Gasteiger partial charge in [0.25, 0.3) is 5.56 Å². The van der Waals surface area contributed by atoms with E-state index >= 15 is 0 Å². The number of halogens is 2. The number of hydrogen-bond acceptors (Lipinski definition) is 6. The first-order valence-electron chi connectivity index (χ1n) is 9.26. The summed E-state index contributed by atoms with van der Waals surface area (Å²) in [6.45, 7) is 4.01. The Morgan fingerprint density at radius 3 is 2.52 bits per heavy atom. The van der Waals surface area contributed by atoms with Gasteiger partial charge < -0.3 is 15.0 Å². The molecule has 0 bridgehead atoms. The predicted molar refractivity (Wildman–Crippen MR) is 113 cm³/mol. The van der Waals surface area contributed by atoms with E-state index in [1.165, 1.54) is 4.68 Å². The van der Waals surface area contributed by atoms with Crippen molar-refractivity contribution >= 4 is 34.8 Å². The van der Waals surface area contributed by atoms with Crippen molar-refractivity contribution in [3.05, 3.63) is 50.9 Å². The monoisotopic (exact) mass is 439 g/mol. The highest BCUT2D eigenvalue weighted by Crippen LogP contribution is 2.23. The van der Waals surface area contributed by atoms with E-state index in [9.17, 15) is 9.59 Å². The number of carbonyl (C=O) groups is 1. The van der Waals surface area contributed by atoms with E-state index in [1.807, 2.05) is 4.90 Å². The SMILES string of the molecule is COCCNC(=O)CN1CCN(c2cnn(-c3ccc(Cl)cc3)c(=O)c2Cl)CC1. The van der Waals surface area contributed by atoms with E-state index in [4.69, 9.17) is 27.9 Å². The van der Waals surface area contributed by atoms with E-state index in [0.717, 1.165) is 0 Å². The number of anilines is 1. The molecule has 0 radical (unpaired) electrons. The number of benzene rings is 1. The molecule has 2 heterocycles. The van der Waals surface area contributed by atoms with Crippen LogP contribution < -0.4 is 15.8 Å². The van der Waals surface area contributed by atoms with E-state index in [0.29, 0.717) is 62.3 Å². The number of hydrogen-bond donors (Lipinski definition) is 1. The van der Waals surface area contributed by atoms with Gasteiger partial charge in [0, 0.05) is 44.9 Å². The van der Waals surface area contributed by atoms with Crippen LogP contribution in [0.3, 0.4) is 0 Å². The van der Waals surface area contributed by atoms with Crippen molar-refractivity contribution in [2.75, 3.05) is 57.9 Å². The molecule has 0 aliphatic carbocycles. The van der Waals surface area contributed by atoms with Gasteiger partial charge in [-0.05, 0) is 24.3 Å². The van der Waals surface area contributed by atoms with E-state index in [1.54, 1.807) is 37.6 Å². The molecule has 1 fully saturated rings. The molecule has 1 aliphatic rings. The van der Waals surface area contributed by atoms with Gasteiger partial charge in [-0.3, -0.25) is 14.5 Å². The van der Waals surface area contributed by atoms with Crippen molar-refractivity contribution in [2.24, 2.45) is 0 Å². The lowest BCUT2D eigenvalue weighted by molar-refractivity contribution is -0.122. The molecule has 10 heteroatoms. The lowest BCUT2D eigenvalue weighted by atomic mass is 10.2. The zero-order chi connectivity index (χ0) is 20.8. The van der Waals surface area contributed by atoms with Crippen molar-refractivity contribution in [1.29, 1.82) is 0 Å². The van der Waals surface area contributed by atoms with Crippen LogP contribution in [0.25, 0.3) is 5.69 Å². The van der Waals surface area contributed by atoms with Gasteiger partial charge in [-0.2, -0.15) is 9.78 Å². The first-order valence-corrected chi connectivity index (χ1v) is 10.0. The van der Waals surface area contributed by atoms with Gasteiger partial charge >= 0.3 is 0 Å². The summed E-state index contributed by atoms with van der Waals surface area (Å²) in [5.74, 6) is -0.0271. The molecule has 1 saturated heterocycles. The third-order valence-corrected chi connectivity index (χ3v) is 5.29. The van der Waals surface area contributed by atoms with Gasteiger partial charge in [-0.1, -0.05) is 23.2 Å². The molecule has 1 amide bonds. The molecule has 0 saturated carbocycles. The van der Waals surface area contributed by atoms with Gasteiger partial charge in [0.15, 0.2) is 0 Å². The quantitative estimate of drug-likeness (QED) is 0.657. The van der Waals surface area contributed by atoms with Gasteiger partial charge in [0.05, 0.1) is 30.7 Å². The van der Waals surface area contributed by atoms with Gasteiger partial charge in [0.2, 0.25) is 5.91 Å². The average molecular weight is 440 g/mol. The van der Waals surface area contributed by atoms with Crippen molar-refractivity contribution in [3.8, 4) is 5.69 Å². The number of amides is 1. The lowest BCUT2D eigenvalue weighted by Crippen LogP contribution is -2.50. The zero-order valence-electron chi connectivity index (χ0n) is 16.1. The van der Waals surface area contributed by atoms with Crippen molar-refractivity contribution < 1.29 is 9.53 Å². The molecule has 3 rings (SSSR count). The summed E-state index contributed by atoms with van der Waals surface area (Å²) in [6.07, 6.45) is 1.60. The molecule has 1 aliphatic heterocycles. The topological polar surface area (TPSA) is 79.7 Å². The zero-order valence-corrected chi connectivity index (χ0v) is 17.6. The molecule has 29 heavy (non-hydrogen) atoms. The number of nitrogens with one attached hydrogen (secondary N) is 1. The molecule has 1 aromatic heterocycles. The molecule has 8 nitrogen and oxygen atoms in total. The van der Waals surface area contributed by atoms with Crippen LogP contribution in [0.4, 0.5) is 5.69 Å². The Kier molecular flexibility index (Phi) is 7.49. The minimum absolute atomic E-state index is 0.0271. The van der Waals surface area contributed by atoms with Crippen LogP contribution in [0.5, 0.6) is 0 Å². The number of carbonyl (C=O) groups excluding carboxylic acids is 1. The second kappa shape index (κ2) is 10.1. The van der Waals surface area contributed by atoms with E-state index in [2.05, 4.69) is 15.3 Å². The lowest BCUT2D eigenvalue weighted by Gasteiger charge is -2.35. The van der Waals surface area contributed by atoms with Gasteiger partial charge in [-0.15, -0.1) is 0 Å². The van der Waals surface area contributed by atoms with Crippen molar-refractivity contribution in [3.63, 3.8) is 0 Å². The number of rotatable bonds is 7. The highest BCUT2D eigenvalue weighted by Gasteiger charge is 2.22. The smallest absolute Gasteiger partial charge is 0.292 e. The molecule has 0 spiro atoms. The Labute approximate surface area is 178 Å². The Hall–Kier alpha value is -2.13. The summed E-state index contributed by atoms with van der Waals surface area (Å²) < 4.78 is 6.17. The maximum Gasteiger partial charge on any atom is 0.292 e. The van der Waals surface area contributed by atoms with Crippen LogP contribution in [-0.4, -0.2) is 73.6 Å². The molecule has 1 N–H and O–H groups in total. The maximum atomic E-state index is 12.7. The number of methoxy groups -OCH3 is 1. The summed E-state index contributed by atoms with van der Waals surface area (Å²) in [5.41, 5.74) is 0.815. The fourth-order valence-corrected chi connectivity index (χ4v) is 3.48. The summed E-state index contributed by atoms with van der Waals surface area (Å²) >= 11 is 12.3. The highest BCUT2D eigenvalue weighted by molar-refractivity contribution is 6.33. The number of ether oxygens (including phenoxy) is 1. The Balaban J connectivity index is 1.62. The second-order valence-electron chi connectivity index (χ2n) is 6.64. The van der Waals surface area contributed by atoms with Crippen LogP contribution >= 0.6 is 23.2 Å². The molecule has 0 atom stereocenters. The Morgan fingerprint density at radius 2 is 1.86 bits per heavy atom. The summed E-state index contributed by atoms with van der Waals surface area (Å²) in [4.78, 5) is 28.7. The third-order valence-electron chi connectivity index (χ3n) is 4.68. The van der Waals surface area contributed by atoms with Crippen molar-refractivity contribution in [2.45, 2.75) is 0 Å². The van der Waals surface area contributed by atoms with Crippen molar-refractivity contribution in [1.82, 2.24) is 20.0 Å². The average Bonchev–Trinajstić information content (AvgIpc) is 2.72. The number of piperazine rings is 1. The largest absolute Gasteiger partial charge is 0.383 e. The number of nitrogens with zero attached hydrogens (tertiary/aromatic N) is 4. The standard InChI is InChI=1S/C19H23Cl2N5O3/c1-29-11-6-22-17(27)13-24-7-9-25(10-8-24)16-12-23-26(19(28)18(16)21)15-4-2-14(20)3-5-15/h2-5,12H,6-11,13H2,1H3,(H,22,27). The minimum atomic E-state index is -0.383. The molecular weight excluding hydrogens is 417 g/mol. The summed E-state index contributed by atoms with van der Waals surface area (Å²) in [7, 11) is 1.60. The molecule has 156 valence electrons. The summed E-state index contributed by atoms with van der Waals surface area (Å²) in [5, 5.41) is 7.79. The summed E-state index contributed by atoms with van der Waals surface area (Å²) in [6, 6.07) is 6.81. The van der Waals surface area contributed by atoms with Gasteiger partial charge in [0.1, 0.15) is 5.02 Å². The Morgan fingerprint density at radius 1 is 1.17 bits per heavy atom. The molecule has 2 aromatic rings. The maximum absolute atomic E-state index is 12.7. The van der Waals surface area contributed by atoms with E-state index in [-0.39, 0.29) is 16.5 Å². The molecule has 0 unspecified atom stereocenters. The molecule has 1 aromatic carbocycles. The Bertz CT molecular complexity index is 896. The van der Waals surface area contributed by atoms with Crippen LogP contribution in [0, 0.1) is 0 Å². The van der Waals surface area contributed by atoms with Crippen LogP contribution in [0.2, 0.25) is 10.0 Å². The highest BCUT2D eigenvalue weighted by atomic mass is 35.5. The second-order valence-corrected chi connectivity index (χ2v) is 7.46. The van der Waals surface area contributed by atoms with E-state index < -0.39 is 0 Å². The fourth-order valence-electron chi connectivity index (χ4n) is 3.11. The number of aromatic nitrogens is 2. The normalized spacial score (nSPS) is 14.8. The third kappa shape index (κ3) is 5.48. The van der Waals surface area contributed by atoms with Crippen LogP contribution in [0.1, 0.15) is 0 Å². The van der Waals surface area contributed by atoms with Crippen LogP contribution in [0.15, 0.2) is 35.3 Å².